The number of benzene rings is 7. The number of anilines is 3. The standard InChI is InChI=1S/C59H45NO/c1-58(2)51-28-16-13-26-48(51)49-36-35-45(39-53(49)58)60(54-30-18-15-25-46(54)40-19-7-5-8-20-40)44-33-31-41(32-34-44)47-37-38-55(61)56-50-27-14-17-29-52(50)59(57(47)56,43-23-11-6-12-24-43)42-21-9-3-4-10-22-42/h3,5-9,11-21,23,25-39,43,61H,4,24H2,1-2H3. The largest absolute Gasteiger partial charge is 0.507 e. The fraction of sp³-hybridized carbons (Fsp3) is 0.119. The zero-order valence-corrected chi connectivity index (χ0v) is 34.4. The molecule has 0 amide bonds. The molecule has 0 bridgehead atoms. The second kappa shape index (κ2) is 14.4. The van der Waals surface area contributed by atoms with Crippen LogP contribution in [0.15, 0.2) is 206 Å². The van der Waals surface area contributed by atoms with E-state index in [0.29, 0.717) is 12.2 Å². The minimum absolute atomic E-state index is 0.0898. The first kappa shape index (κ1) is 36.7. The van der Waals surface area contributed by atoms with E-state index < -0.39 is 5.41 Å². The molecule has 2 atom stereocenters. The Morgan fingerprint density at radius 1 is 0.574 bits per heavy atom. The second-order valence-corrected chi connectivity index (χ2v) is 17.1. The molecule has 2 unspecified atom stereocenters. The highest BCUT2D eigenvalue weighted by Crippen LogP contribution is 2.62. The summed E-state index contributed by atoms with van der Waals surface area (Å²) in [6.07, 6.45) is 17.0. The van der Waals surface area contributed by atoms with Gasteiger partial charge in [-0.3, -0.25) is 0 Å². The summed E-state index contributed by atoms with van der Waals surface area (Å²) in [6, 6.07) is 57.0. The summed E-state index contributed by atoms with van der Waals surface area (Å²) in [5, 5.41) is 11.9. The van der Waals surface area contributed by atoms with E-state index in [4.69, 9.17) is 0 Å². The third-order valence-corrected chi connectivity index (χ3v) is 13.5. The number of nitrogens with zero attached hydrogens (tertiary/aromatic N) is 1. The van der Waals surface area contributed by atoms with Gasteiger partial charge in [-0.15, -0.1) is 0 Å². The van der Waals surface area contributed by atoms with Crippen LogP contribution in [0.2, 0.25) is 0 Å². The molecule has 1 N–H and O–H groups in total. The molecule has 61 heavy (non-hydrogen) atoms. The molecule has 7 aromatic rings. The van der Waals surface area contributed by atoms with Gasteiger partial charge in [0.2, 0.25) is 0 Å². The van der Waals surface area contributed by atoms with Crippen molar-refractivity contribution in [1.82, 2.24) is 0 Å². The normalized spacial score (nSPS) is 18.5. The summed E-state index contributed by atoms with van der Waals surface area (Å²) in [7, 11) is 0. The van der Waals surface area contributed by atoms with E-state index in [1.165, 1.54) is 33.4 Å². The number of hydrogen-bond acceptors (Lipinski definition) is 2. The number of fused-ring (bicyclic) bond motifs is 6. The third kappa shape index (κ3) is 5.65. The maximum absolute atomic E-state index is 11.9. The van der Waals surface area contributed by atoms with Crippen LogP contribution >= 0.6 is 0 Å². The maximum atomic E-state index is 11.9. The molecule has 0 radical (unpaired) electrons. The van der Waals surface area contributed by atoms with Gasteiger partial charge in [-0.2, -0.15) is 0 Å². The summed E-state index contributed by atoms with van der Waals surface area (Å²) < 4.78 is 0. The molecular weight excluding hydrogens is 739 g/mol. The van der Waals surface area contributed by atoms with E-state index in [1.807, 2.05) is 6.07 Å². The molecule has 2 nitrogen and oxygen atoms in total. The number of para-hydroxylation sites is 1. The molecule has 11 rings (SSSR count). The lowest BCUT2D eigenvalue weighted by molar-refractivity contribution is 0.454. The number of aromatic hydroxyl groups is 1. The van der Waals surface area contributed by atoms with Gasteiger partial charge in [0.1, 0.15) is 5.75 Å². The molecule has 0 aromatic heterocycles. The van der Waals surface area contributed by atoms with Crippen LogP contribution in [0.4, 0.5) is 17.1 Å². The van der Waals surface area contributed by atoms with Crippen molar-refractivity contribution < 1.29 is 5.11 Å². The number of phenolic OH excluding ortho intramolecular Hbond substituents is 1. The van der Waals surface area contributed by atoms with Crippen LogP contribution < -0.4 is 4.90 Å². The molecule has 4 aliphatic carbocycles. The average molecular weight is 784 g/mol. The average Bonchev–Trinajstić information content (AvgIpc) is 3.55. The van der Waals surface area contributed by atoms with Gasteiger partial charge in [0.25, 0.3) is 0 Å². The van der Waals surface area contributed by atoms with Crippen LogP contribution in [0.1, 0.15) is 48.9 Å². The minimum Gasteiger partial charge on any atom is -0.507 e. The van der Waals surface area contributed by atoms with Crippen LogP contribution in [-0.2, 0) is 10.8 Å². The predicted octanol–water partition coefficient (Wildman–Crippen LogP) is 14.8. The molecule has 0 saturated carbocycles. The molecule has 4 aliphatic rings. The monoisotopic (exact) mass is 783 g/mol. The van der Waals surface area contributed by atoms with Crippen molar-refractivity contribution in [2.24, 2.45) is 5.92 Å². The minimum atomic E-state index is -0.614. The summed E-state index contributed by atoms with van der Waals surface area (Å²) in [5.74, 6) is 7.49. The number of allylic oxidation sites excluding steroid dienone is 8. The molecule has 0 spiro atoms. The van der Waals surface area contributed by atoms with Crippen LogP contribution in [0.25, 0.3) is 44.5 Å². The first-order chi connectivity index (χ1) is 30.0. The van der Waals surface area contributed by atoms with Crippen molar-refractivity contribution in [1.29, 1.82) is 0 Å². The highest BCUT2D eigenvalue weighted by molar-refractivity contribution is 5.96. The van der Waals surface area contributed by atoms with Gasteiger partial charge in [-0.1, -0.05) is 183 Å². The summed E-state index contributed by atoms with van der Waals surface area (Å²) in [6.45, 7) is 4.69. The van der Waals surface area contributed by atoms with Crippen LogP contribution in [0, 0.1) is 17.8 Å². The van der Waals surface area contributed by atoms with Crippen molar-refractivity contribution in [2.45, 2.75) is 37.5 Å². The zero-order chi connectivity index (χ0) is 41.1. The highest BCUT2D eigenvalue weighted by Gasteiger charge is 2.52. The van der Waals surface area contributed by atoms with Gasteiger partial charge in [0.05, 0.1) is 11.1 Å². The number of hydrogen-bond donors (Lipinski definition) is 1. The van der Waals surface area contributed by atoms with E-state index in [0.717, 1.165) is 62.4 Å². The Balaban J connectivity index is 1.11. The van der Waals surface area contributed by atoms with E-state index in [9.17, 15) is 5.11 Å². The van der Waals surface area contributed by atoms with E-state index in [2.05, 4.69) is 225 Å². The molecule has 0 fully saturated rings. The predicted molar refractivity (Wildman–Crippen MR) is 253 cm³/mol. The molecule has 0 saturated heterocycles. The Labute approximate surface area is 359 Å². The smallest absolute Gasteiger partial charge is 0.123 e. The van der Waals surface area contributed by atoms with Gasteiger partial charge in [0.15, 0.2) is 0 Å². The van der Waals surface area contributed by atoms with Gasteiger partial charge in [-0.25, -0.2) is 0 Å². The number of rotatable bonds is 7. The van der Waals surface area contributed by atoms with E-state index >= 15 is 0 Å². The lowest BCUT2D eigenvalue weighted by atomic mass is 9.60. The zero-order valence-electron chi connectivity index (χ0n) is 34.4. The Kier molecular flexibility index (Phi) is 8.69. The van der Waals surface area contributed by atoms with Crippen LogP contribution in [-0.4, -0.2) is 5.11 Å². The summed E-state index contributed by atoms with van der Waals surface area (Å²) >= 11 is 0. The van der Waals surface area contributed by atoms with Crippen molar-refractivity contribution in [3.05, 3.63) is 228 Å². The second-order valence-electron chi connectivity index (χ2n) is 17.1. The Hall–Kier alpha value is -7.34. The number of phenols is 1. The molecule has 292 valence electrons. The van der Waals surface area contributed by atoms with Gasteiger partial charge < -0.3 is 10.0 Å². The third-order valence-electron chi connectivity index (χ3n) is 13.5. The van der Waals surface area contributed by atoms with Crippen LogP contribution in [0.5, 0.6) is 5.75 Å². The van der Waals surface area contributed by atoms with Gasteiger partial charge in [0, 0.05) is 39.9 Å². The molecular formula is C59H45NO. The Morgan fingerprint density at radius 2 is 1.25 bits per heavy atom. The van der Waals surface area contributed by atoms with Crippen molar-refractivity contribution in [3.8, 4) is 62.1 Å². The van der Waals surface area contributed by atoms with Crippen molar-refractivity contribution in [2.75, 3.05) is 4.90 Å². The fourth-order valence-corrected chi connectivity index (χ4v) is 10.7. The molecule has 7 aromatic carbocycles. The Morgan fingerprint density at radius 3 is 2.05 bits per heavy atom. The molecule has 0 heterocycles. The lowest BCUT2D eigenvalue weighted by Gasteiger charge is -2.40. The quantitative estimate of drug-likeness (QED) is 0.163. The highest BCUT2D eigenvalue weighted by atomic mass is 16.3. The van der Waals surface area contributed by atoms with Crippen LogP contribution in [0.3, 0.4) is 0 Å². The first-order valence-corrected chi connectivity index (χ1v) is 21.4. The van der Waals surface area contributed by atoms with Gasteiger partial charge >= 0.3 is 0 Å². The maximum Gasteiger partial charge on any atom is 0.123 e. The first-order valence-electron chi connectivity index (χ1n) is 21.4. The van der Waals surface area contributed by atoms with Gasteiger partial charge in [-0.05, 0) is 110 Å². The molecule has 0 aliphatic heterocycles. The lowest BCUT2D eigenvalue weighted by Crippen LogP contribution is -2.36. The topological polar surface area (TPSA) is 23.5 Å². The molecule has 2 heteroatoms. The van der Waals surface area contributed by atoms with Crippen molar-refractivity contribution >= 4 is 17.1 Å². The fourth-order valence-electron chi connectivity index (χ4n) is 10.7. The summed E-state index contributed by atoms with van der Waals surface area (Å²) in [5.41, 5.74) is 17.7. The Bertz CT molecular complexity index is 3080. The SMILES string of the molecule is CC1(C)c2ccccc2-c2ccc(N(c3ccc(-c4ccc(O)c5c4C(C4=CC=CCC#C4)(C4C=CC=CC4)c4ccccc4-5)cc3)c3ccccc3-c3ccccc3)cc21. The van der Waals surface area contributed by atoms with E-state index in [-0.39, 0.29) is 11.3 Å². The van der Waals surface area contributed by atoms with Crippen molar-refractivity contribution in [3.63, 3.8) is 0 Å². The van der Waals surface area contributed by atoms with E-state index in [1.54, 1.807) is 0 Å². The summed E-state index contributed by atoms with van der Waals surface area (Å²) in [4.78, 5) is 2.42.